The number of anilines is 1. The molecular formula is C18H13N3O4. The Bertz CT molecular complexity index is 1010. The predicted octanol–water partition coefficient (Wildman–Crippen LogP) is 2.82. The molecule has 0 saturated carbocycles. The van der Waals surface area contributed by atoms with Crippen LogP contribution in [0.1, 0.15) is 11.3 Å². The van der Waals surface area contributed by atoms with Crippen molar-refractivity contribution in [3.05, 3.63) is 65.9 Å². The molecule has 2 amide bonds. The molecule has 0 saturated heterocycles. The first-order valence-electron chi connectivity index (χ1n) is 7.59. The van der Waals surface area contributed by atoms with E-state index in [4.69, 9.17) is 9.52 Å². The summed E-state index contributed by atoms with van der Waals surface area (Å²) in [6, 6.07) is 16.5. The molecule has 1 aliphatic heterocycles. The van der Waals surface area contributed by atoms with Crippen LogP contribution in [-0.4, -0.2) is 29.0 Å². The summed E-state index contributed by atoms with van der Waals surface area (Å²) in [7, 11) is 0. The number of aliphatic imine (C=N–C) groups is 1. The Kier molecular flexibility index (Phi) is 3.46. The fourth-order valence-corrected chi connectivity index (χ4v) is 2.79. The van der Waals surface area contributed by atoms with Crippen LogP contribution in [0.2, 0.25) is 0 Å². The lowest BCUT2D eigenvalue weighted by Crippen LogP contribution is -2.41. The number of nitrogens with zero attached hydrogens (tertiary/aromatic N) is 1. The molecule has 3 N–H and O–H groups in total. The summed E-state index contributed by atoms with van der Waals surface area (Å²) in [5.74, 6) is -0.170. The highest BCUT2D eigenvalue weighted by Crippen LogP contribution is 2.34. The fraction of sp³-hybridized carbons (Fsp3) is 0.0556. The van der Waals surface area contributed by atoms with Gasteiger partial charge >= 0.3 is 6.09 Å². The quantitative estimate of drug-likeness (QED) is 0.670. The lowest BCUT2D eigenvalue weighted by atomic mass is 10.1. The molecular weight excluding hydrogens is 322 g/mol. The second-order valence-electron chi connectivity index (χ2n) is 5.49. The van der Waals surface area contributed by atoms with Gasteiger partial charge < -0.3 is 14.8 Å². The van der Waals surface area contributed by atoms with Crippen LogP contribution in [0.5, 0.6) is 0 Å². The van der Waals surface area contributed by atoms with E-state index in [9.17, 15) is 9.59 Å². The highest BCUT2D eigenvalue weighted by molar-refractivity contribution is 6.22. The molecule has 1 atom stereocenters. The average Bonchev–Trinajstić information content (AvgIpc) is 2.91. The molecule has 0 radical (unpaired) electrons. The number of furan rings is 1. The van der Waals surface area contributed by atoms with E-state index in [-0.39, 0.29) is 0 Å². The second-order valence-corrected chi connectivity index (χ2v) is 5.49. The monoisotopic (exact) mass is 335 g/mol. The van der Waals surface area contributed by atoms with E-state index >= 15 is 0 Å². The van der Waals surface area contributed by atoms with Crippen LogP contribution < -0.4 is 10.6 Å². The summed E-state index contributed by atoms with van der Waals surface area (Å²) >= 11 is 0. The first-order chi connectivity index (χ1) is 12.1. The average molecular weight is 335 g/mol. The lowest BCUT2D eigenvalue weighted by Gasteiger charge is -2.10. The summed E-state index contributed by atoms with van der Waals surface area (Å²) in [5.41, 5.74) is 2.22. The molecule has 25 heavy (non-hydrogen) atoms. The molecule has 1 unspecified atom stereocenters. The number of benzene rings is 2. The zero-order valence-electron chi connectivity index (χ0n) is 12.9. The largest absolute Gasteiger partial charge is 0.465 e. The van der Waals surface area contributed by atoms with Gasteiger partial charge in [0.15, 0.2) is 5.76 Å². The molecule has 1 aliphatic rings. The van der Waals surface area contributed by atoms with Crippen LogP contribution in [0.15, 0.2) is 64.0 Å². The molecule has 7 heteroatoms. The van der Waals surface area contributed by atoms with Crippen molar-refractivity contribution in [1.82, 2.24) is 5.32 Å². The molecule has 3 aromatic rings. The molecule has 2 aromatic carbocycles. The third-order valence-corrected chi connectivity index (χ3v) is 3.87. The van der Waals surface area contributed by atoms with E-state index in [0.717, 1.165) is 10.9 Å². The number of carbonyl (C=O) groups excluding carboxylic acids is 1. The smallest absolute Gasteiger partial charge is 0.406 e. The van der Waals surface area contributed by atoms with Gasteiger partial charge in [0.1, 0.15) is 11.3 Å². The number of carboxylic acid groups (broad SMARTS) is 1. The first-order valence-corrected chi connectivity index (χ1v) is 7.59. The van der Waals surface area contributed by atoms with Crippen LogP contribution in [0, 0.1) is 0 Å². The SMILES string of the molecule is O=C(O)NC1N=C(c2ccccc2)c2oc3ccccc3c2NC1=O. The highest BCUT2D eigenvalue weighted by atomic mass is 16.4. The van der Waals surface area contributed by atoms with Crippen molar-refractivity contribution in [3.63, 3.8) is 0 Å². The summed E-state index contributed by atoms with van der Waals surface area (Å²) in [5, 5.41) is 14.6. The summed E-state index contributed by atoms with van der Waals surface area (Å²) in [6.45, 7) is 0. The van der Waals surface area contributed by atoms with Gasteiger partial charge in [-0.1, -0.05) is 42.5 Å². The van der Waals surface area contributed by atoms with Crippen LogP contribution in [0.3, 0.4) is 0 Å². The number of hydrogen-bond acceptors (Lipinski definition) is 4. The molecule has 2 heterocycles. The van der Waals surface area contributed by atoms with Crippen LogP contribution in [-0.2, 0) is 4.79 Å². The maximum absolute atomic E-state index is 12.4. The summed E-state index contributed by atoms with van der Waals surface area (Å²) in [4.78, 5) is 27.8. The van der Waals surface area contributed by atoms with Crippen molar-refractivity contribution in [3.8, 4) is 0 Å². The van der Waals surface area contributed by atoms with Gasteiger partial charge in [-0.05, 0) is 12.1 Å². The van der Waals surface area contributed by atoms with Crippen molar-refractivity contribution < 1.29 is 19.1 Å². The third kappa shape index (κ3) is 2.61. The van der Waals surface area contributed by atoms with Crippen molar-refractivity contribution >= 4 is 34.4 Å². The number of amides is 2. The standard InChI is InChI=1S/C18H13N3O4/c22-17-16(21-18(23)24)19-13(10-6-2-1-3-7-10)15-14(20-17)11-8-4-5-9-12(11)25-15/h1-9,16,21H,(H,20,22)(H,23,24). The topological polar surface area (TPSA) is 104 Å². The van der Waals surface area contributed by atoms with Crippen LogP contribution in [0.4, 0.5) is 10.5 Å². The van der Waals surface area contributed by atoms with Gasteiger partial charge in [0, 0.05) is 10.9 Å². The Morgan fingerprint density at radius 2 is 1.84 bits per heavy atom. The van der Waals surface area contributed by atoms with Crippen molar-refractivity contribution in [2.24, 2.45) is 4.99 Å². The Hall–Kier alpha value is -3.61. The number of rotatable bonds is 2. The molecule has 4 rings (SSSR count). The minimum absolute atomic E-state index is 0.399. The number of hydrogen-bond donors (Lipinski definition) is 3. The van der Waals surface area contributed by atoms with Gasteiger partial charge in [-0.25, -0.2) is 9.79 Å². The van der Waals surface area contributed by atoms with Gasteiger partial charge in [-0.2, -0.15) is 0 Å². The van der Waals surface area contributed by atoms with Gasteiger partial charge in [-0.15, -0.1) is 0 Å². The molecule has 124 valence electrons. The Labute approximate surface area is 142 Å². The Morgan fingerprint density at radius 1 is 1.12 bits per heavy atom. The maximum atomic E-state index is 12.4. The molecule has 1 aromatic heterocycles. The Morgan fingerprint density at radius 3 is 2.60 bits per heavy atom. The van der Waals surface area contributed by atoms with Crippen molar-refractivity contribution in [1.29, 1.82) is 0 Å². The van der Waals surface area contributed by atoms with Crippen molar-refractivity contribution in [2.45, 2.75) is 6.17 Å². The number of fused-ring (bicyclic) bond motifs is 3. The Balaban J connectivity index is 1.96. The molecule has 7 nitrogen and oxygen atoms in total. The fourth-order valence-electron chi connectivity index (χ4n) is 2.79. The van der Waals surface area contributed by atoms with E-state index in [0.29, 0.717) is 22.7 Å². The van der Waals surface area contributed by atoms with E-state index in [1.807, 2.05) is 48.5 Å². The van der Waals surface area contributed by atoms with Crippen LogP contribution >= 0.6 is 0 Å². The number of para-hydroxylation sites is 1. The van der Waals surface area contributed by atoms with Gasteiger partial charge in [0.05, 0.1) is 5.69 Å². The number of carbonyl (C=O) groups is 2. The molecule has 0 aliphatic carbocycles. The molecule has 0 bridgehead atoms. The van der Waals surface area contributed by atoms with E-state index in [1.165, 1.54) is 0 Å². The zero-order valence-corrected chi connectivity index (χ0v) is 12.9. The first kappa shape index (κ1) is 14.9. The van der Waals surface area contributed by atoms with E-state index in [2.05, 4.69) is 15.6 Å². The van der Waals surface area contributed by atoms with Gasteiger partial charge in [-0.3, -0.25) is 10.1 Å². The number of nitrogens with one attached hydrogen (secondary N) is 2. The maximum Gasteiger partial charge on any atom is 0.406 e. The van der Waals surface area contributed by atoms with E-state index in [1.54, 1.807) is 6.07 Å². The minimum Gasteiger partial charge on any atom is -0.465 e. The third-order valence-electron chi connectivity index (χ3n) is 3.87. The predicted molar refractivity (Wildman–Crippen MR) is 91.9 cm³/mol. The van der Waals surface area contributed by atoms with Crippen LogP contribution in [0.25, 0.3) is 11.0 Å². The zero-order chi connectivity index (χ0) is 17.4. The molecule has 0 fully saturated rings. The van der Waals surface area contributed by atoms with Gasteiger partial charge in [0.2, 0.25) is 6.17 Å². The summed E-state index contributed by atoms with van der Waals surface area (Å²) < 4.78 is 5.92. The molecule has 0 spiro atoms. The minimum atomic E-state index is -1.33. The van der Waals surface area contributed by atoms with Crippen molar-refractivity contribution in [2.75, 3.05) is 5.32 Å². The normalized spacial score (nSPS) is 16.6. The van der Waals surface area contributed by atoms with Gasteiger partial charge in [0.25, 0.3) is 5.91 Å². The highest BCUT2D eigenvalue weighted by Gasteiger charge is 2.30. The summed E-state index contributed by atoms with van der Waals surface area (Å²) in [6.07, 6.45) is -2.60. The van der Waals surface area contributed by atoms with E-state index < -0.39 is 18.2 Å². The second kappa shape index (κ2) is 5.79. The lowest BCUT2D eigenvalue weighted by molar-refractivity contribution is -0.117.